The molecule has 76 valence electrons. The molecule has 5 aliphatic rings. The first-order valence-electron chi connectivity index (χ1n) is 5.51. The van der Waals surface area contributed by atoms with Crippen molar-refractivity contribution in [2.24, 2.45) is 35.5 Å². The van der Waals surface area contributed by atoms with E-state index in [0.717, 1.165) is 6.42 Å². The highest BCUT2D eigenvalue weighted by atomic mass is 16.2. The fourth-order valence-electron chi connectivity index (χ4n) is 4.01. The summed E-state index contributed by atoms with van der Waals surface area (Å²) in [7, 11) is 0. The standard InChI is InChI=1S/C12H10O3/c13-10-8-4-1-2-5(7-3-6(4)7)9(8)11(14)12(10)15/h1-2,4-9H,3H2/t4-,5+,6+,7-,8-,9-/m0/s1. The number of rotatable bonds is 0. The minimum atomic E-state index is -0.731. The molecule has 0 aromatic heterocycles. The van der Waals surface area contributed by atoms with Gasteiger partial charge in [-0.3, -0.25) is 14.4 Å². The minimum Gasteiger partial charge on any atom is -0.290 e. The first-order valence-corrected chi connectivity index (χ1v) is 5.51. The summed E-state index contributed by atoms with van der Waals surface area (Å²) in [6, 6.07) is 0. The Morgan fingerprint density at radius 3 is 1.80 bits per heavy atom. The van der Waals surface area contributed by atoms with Crippen molar-refractivity contribution < 1.29 is 14.4 Å². The molecule has 3 nitrogen and oxygen atoms in total. The van der Waals surface area contributed by atoms with Gasteiger partial charge < -0.3 is 0 Å². The Morgan fingerprint density at radius 2 is 1.33 bits per heavy atom. The second-order valence-corrected chi connectivity index (χ2v) is 5.21. The average molecular weight is 202 g/mol. The molecule has 0 spiro atoms. The second-order valence-electron chi connectivity index (χ2n) is 5.21. The number of hydrogen-bond acceptors (Lipinski definition) is 3. The highest BCUT2D eigenvalue weighted by molar-refractivity contribution is 6.68. The third kappa shape index (κ3) is 0.704. The van der Waals surface area contributed by atoms with E-state index in [1.165, 1.54) is 0 Å². The molecule has 0 aromatic rings. The van der Waals surface area contributed by atoms with Crippen LogP contribution in [0.1, 0.15) is 6.42 Å². The Morgan fingerprint density at radius 1 is 0.867 bits per heavy atom. The van der Waals surface area contributed by atoms with Crippen molar-refractivity contribution in [2.75, 3.05) is 0 Å². The molecule has 0 N–H and O–H groups in total. The molecule has 0 aliphatic heterocycles. The molecule has 0 saturated heterocycles. The van der Waals surface area contributed by atoms with Gasteiger partial charge in [0.2, 0.25) is 11.6 Å². The van der Waals surface area contributed by atoms with E-state index >= 15 is 0 Å². The van der Waals surface area contributed by atoms with Crippen molar-refractivity contribution in [2.45, 2.75) is 6.42 Å². The van der Waals surface area contributed by atoms with Crippen molar-refractivity contribution in [3.05, 3.63) is 12.2 Å². The highest BCUT2D eigenvalue weighted by Crippen LogP contribution is 2.65. The lowest BCUT2D eigenvalue weighted by atomic mass is 9.63. The van der Waals surface area contributed by atoms with Crippen LogP contribution in [0.25, 0.3) is 0 Å². The number of ketones is 3. The number of carbonyl (C=O) groups is 3. The van der Waals surface area contributed by atoms with Gasteiger partial charge in [0.05, 0.1) is 0 Å². The van der Waals surface area contributed by atoms with Gasteiger partial charge in [-0.15, -0.1) is 0 Å². The summed E-state index contributed by atoms with van der Waals surface area (Å²) in [4.78, 5) is 34.8. The van der Waals surface area contributed by atoms with Gasteiger partial charge in [-0.05, 0) is 30.1 Å². The third-order valence-electron chi connectivity index (χ3n) is 4.70. The van der Waals surface area contributed by atoms with Gasteiger partial charge in [-0.2, -0.15) is 0 Å². The maximum atomic E-state index is 11.7. The Labute approximate surface area is 86.5 Å². The molecule has 2 bridgehead atoms. The van der Waals surface area contributed by atoms with E-state index in [4.69, 9.17) is 0 Å². The lowest BCUT2D eigenvalue weighted by Gasteiger charge is -2.38. The summed E-state index contributed by atoms with van der Waals surface area (Å²) in [6.07, 6.45) is 5.29. The summed E-state index contributed by atoms with van der Waals surface area (Å²) in [5, 5.41) is 0. The first kappa shape index (κ1) is 7.97. The summed E-state index contributed by atoms with van der Waals surface area (Å²) in [5.41, 5.74) is 0. The van der Waals surface area contributed by atoms with E-state index < -0.39 is 17.3 Å². The van der Waals surface area contributed by atoms with Gasteiger partial charge in [-0.1, -0.05) is 12.2 Å². The van der Waals surface area contributed by atoms with Crippen molar-refractivity contribution in [1.29, 1.82) is 0 Å². The van der Waals surface area contributed by atoms with Gasteiger partial charge >= 0.3 is 0 Å². The van der Waals surface area contributed by atoms with Crippen LogP contribution in [-0.4, -0.2) is 17.3 Å². The molecule has 3 heteroatoms. The number of carbonyl (C=O) groups excluding carboxylic acids is 3. The smallest absolute Gasteiger partial charge is 0.264 e. The summed E-state index contributed by atoms with van der Waals surface area (Å²) >= 11 is 0. The van der Waals surface area contributed by atoms with Gasteiger partial charge in [0.15, 0.2) is 0 Å². The van der Waals surface area contributed by atoms with Crippen LogP contribution in [0.4, 0.5) is 0 Å². The number of Topliss-reactive ketones (excluding diaryl/α,β-unsaturated/α-hetero) is 3. The van der Waals surface area contributed by atoms with Crippen molar-refractivity contribution in [3.8, 4) is 0 Å². The Hall–Kier alpha value is -1.25. The summed E-state index contributed by atoms with van der Waals surface area (Å²) in [5.74, 6) is -0.574. The lowest BCUT2D eigenvalue weighted by Crippen LogP contribution is -2.40. The van der Waals surface area contributed by atoms with Crippen LogP contribution in [-0.2, 0) is 14.4 Å². The quantitative estimate of drug-likeness (QED) is 0.422. The maximum absolute atomic E-state index is 11.7. The van der Waals surface area contributed by atoms with Crippen LogP contribution in [0.2, 0.25) is 0 Å². The topological polar surface area (TPSA) is 51.2 Å². The minimum absolute atomic E-state index is 0.188. The molecule has 0 amide bonds. The molecule has 0 aromatic carbocycles. The zero-order chi connectivity index (χ0) is 10.3. The van der Waals surface area contributed by atoms with Crippen molar-refractivity contribution in [1.82, 2.24) is 0 Å². The fourth-order valence-corrected chi connectivity index (χ4v) is 4.01. The maximum Gasteiger partial charge on any atom is 0.264 e. The van der Waals surface area contributed by atoms with Crippen molar-refractivity contribution >= 4 is 17.3 Å². The van der Waals surface area contributed by atoms with Crippen molar-refractivity contribution in [3.63, 3.8) is 0 Å². The van der Waals surface area contributed by atoms with Gasteiger partial charge in [0, 0.05) is 11.8 Å². The zero-order valence-electron chi connectivity index (χ0n) is 8.05. The molecule has 3 fully saturated rings. The van der Waals surface area contributed by atoms with Gasteiger partial charge in [-0.25, -0.2) is 0 Å². The van der Waals surface area contributed by atoms with Crippen LogP contribution in [0.15, 0.2) is 12.2 Å². The lowest BCUT2D eigenvalue weighted by molar-refractivity contribution is -0.141. The molecular formula is C12H10O3. The van der Waals surface area contributed by atoms with Crippen LogP contribution in [0.5, 0.6) is 0 Å². The van der Waals surface area contributed by atoms with E-state index in [9.17, 15) is 14.4 Å². The van der Waals surface area contributed by atoms with Crippen LogP contribution >= 0.6 is 0 Å². The predicted molar refractivity (Wildman–Crippen MR) is 49.7 cm³/mol. The summed E-state index contributed by atoms with van der Waals surface area (Å²) in [6.45, 7) is 0. The van der Waals surface area contributed by atoms with Crippen LogP contribution < -0.4 is 0 Å². The van der Waals surface area contributed by atoms with E-state index in [-0.39, 0.29) is 23.7 Å². The van der Waals surface area contributed by atoms with Crippen LogP contribution in [0.3, 0.4) is 0 Å². The molecular weight excluding hydrogens is 192 g/mol. The fraction of sp³-hybridized carbons (Fsp3) is 0.583. The Bertz CT molecular complexity index is 410. The monoisotopic (exact) mass is 202 g/mol. The predicted octanol–water partition coefficient (Wildman–Crippen LogP) is 0.392. The molecule has 15 heavy (non-hydrogen) atoms. The van der Waals surface area contributed by atoms with E-state index in [0.29, 0.717) is 11.8 Å². The zero-order valence-corrected chi connectivity index (χ0v) is 8.05. The Kier molecular flexibility index (Phi) is 1.13. The largest absolute Gasteiger partial charge is 0.290 e. The molecule has 6 atom stereocenters. The molecule has 3 saturated carbocycles. The first-order chi connectivity index (χ1) is 7.20. The van der Waals surface area contributed by atoms with Gasteiger partial charge in [0.1, 0.15) is 0 Å². The van der Waals surface area contributed by atoms with E-state index in [1.807, 2.05) is 0 Å². The van der Waals surface area contributed by atoms with E-state index in [2.05, 4.69) is 12.2 Å². The molecule has 5 rings (SSSR count). The highest BCUT2D eigenvalue weighted by Gasteiger charge is 2.67. The average Bonchev–Trinajstić information content (AvgIpc) is 3.02. The molecule has 5 aliphatic carbocycles. The SMILES string of the molecule is O=C1C(=O)[C@H]2[C@@H]3C=C[C@@H]([C@H]4C[C@@H]34)[C@@H]2C1=O. The normalized spacial score (nSPS) is 54.5. The number of hydrogen-bond donors (Lipinski definition) is 0. The third-order valence-corrected chi connectivity index (χ3v) is 4.70. The molecule has 0 radical (unpaired) electrons. The number of allylic oxidation sites excluding steroid dienone is 2. The molecule has 0 unspecified atom stereocenters. The van der Waals surface area contributed by atoms with Crippen LogP contribution in [0, 0.1) is 35.5 Å². The second kappa shape index (κ2) is 2.13. The molecule has 0 heterocycles. The van der Waals surface area contributed by atoms with E-state index in [1.54, 1.807) is 0 Å². The van der Waals surface area contributed by atoms with Gasteiger partial charge in [0.25, 0.3) is 5.78 Å². The Balaban J connectivity index is 1.90. The summed E-state index contributed by atoms with van der Waals surface area (Å²) < 4.78 is 0.